The third kappa shape index (κ3) is 2.68. The molecule has 2 saturated heterocycles. The molecule has 2 fully saturated rings. The number of fused-ring (bicyclic) bond motifs is 1. The van der Waals surface area contributed by atoms with E-state index in [1.54, 1.807) is 7.11 Å². The first-order valence-corrected chi connectivity index (χ1v) is 8.80. The predicted molar refractivity (Wildman–Crippen MR) is 91.2 cm³/mol. The number of nitrogens with zero attached hydrogens (tertiary/aromatic N) is 1. The van der Waals surface area contributed by atoms with Crippen LogP contribution in [0.15, 0.2) is 30.3 Å². The quantitative estimate of drug-likeness (QED) is 0.864. The van der Waals surface area contributed by atoms with Crippen LogP contribution in [0, 0.1) is 5.41 Å². The Morgan fingerprint density at radius 1 is 1.29 bits per heavy atom. The average Bonchev–Trinajstić information content (AvgIpc) is 2.95. The second-order valence-electron chi connectivity index (χ2n) is 7.37. The SMILES string of the molecule is CC[C@@]12CC[C@@](C)(COC)C(O)N1[C@@H](CO)[C@H](c1ccccc1)O2. The maximum absolute atomic E-state index is 11.1. The van der Waals surface area contributed by atoms with Gasteiger partial charge in [-0.1, -0.05) is 44.2 Å². The fraction of sp³-hybridized carbons (Fsp3) is 0.684. The standard InChI is InChI=1S/C19H29NO4/c1-4-19-11-10-18(2,13-23-3)17(22)20(19)15(12-21)16(24-19)14-8-6-5-7-9-14/h5-9,15-17,21-22H,4,10-13H2,1-3H3/t15-,16-,17?,18-,19+/m0/s1. The minimum Gasteiger partial charge on any atom is -0.395 e. The Bertz CT molecular complexity index is 554. The van der Waals surface area contributed by atoms with Gasteiger partial charge in [0.05, 0.1) is 19.3 Å². The van der Waals surface area contributed by atoms with Gasteiger partial charge >= 0.3 is 0 Å². The first kappa shape index (κ1) is 17.8. The number of methoxy groups -OCH3 is 1. The molecule has 2 heterocycles. The molecule has 2 aliphatic rings. The summed E-state index contributed by atoms with van der Waals surface area (Å²) in [5.74, 6) is 0. The van der Waals surface area contributed by atoms with Crippen LogP contribution in [0.5, 0.6) is 0 Å². The summed E-state index contributed by atoms with van der Waals surface area (Å²) >= 11 is 0. The van der Waals surface area contributed by atoms with E-state index in [9.17, 15) is 10.2 Å². The van der Waals surface area contributed by atoms with Crippen LogP contribution in [0.3, 0.4) is 0 Å². The molecule has 5 heteroatoms. The number of aliphatic hydroxyl groups is 2. The van der Waals surface area contributed by atoms with E-state index < -0.39 is 12.0 Å². The zero-order valence-electron chi connectivity index (χ0n) is 14.8. The molecule has 2 aliphatic heterocycles. The molecule has 2 N–H and O–H groups in total. The number of hydrogen-bond acceptors (Lipinski definition) is 5. The molecular formula is C19H29NO4. The van der Waals surface area contributed by atoms with Gasteiger partial charge in [-0.15, -0.1) is 0 Å². The number of aliphatic hydroxyl groups excluding tert-OH is 2. The Balaban J connectivity index is 1.98. The number of piperidine rings is 1. The maximum atomic E-state index is 11.1. The summed E-state index contributed by atoms with van der Waals surface area (Å²) in [6.45, 7) is 4.56. The molecule has 134 valence electrons. The normalized spacial score (nSPS) is 39.8. The van der Waals surface area contributed by atoms with Crippen molar-refractivity contribution >= 4 is 0 Å². The van der Waals surface area contributed by atoms with E-state index >= 15 is 0 Å². The van der Waals surface area contributed by atoms with Crippen molar-refractivity contribution in [3.63, 3.8) is 0 Å². The van der Waals surface area contributed by atoms with Crippen molar-refractivity contribution in [3.05, 3.63) is 35.9 Å². The third-order valence-corrected chi connectivity index (χ3v) is 5.84. The largest absolute Gasteiger partial charge is 0.395 e. The van der Waals surface area contributed by atoms with Gasteiger partial charge in [0.1, 0.15) is 18.1 Å². The zero-order valence-corrected chi connectivity index (χ0v) is 14.8. The van der Waals surface area contributed by atoms with Crippen molar-refractivity contribution in [2.75, 3.05) is 20.3 Å². The van der Waals surface area contributed by atoms with Gasteiger partial charge in [0.25, 0.3) is 0 Å². The van der Waals surface area contributed by atoms with Gasteiger partial charge < -0.3 is 19.7 Å². The summed E-state index contributed by atoms with van der Waals surface area (Å²) in [7, 11) is 1.66. The highest BCUT2D eigenvalue weighted by Gasteiger charge is 2.60. The lowest BCUT2D eigenvalue weighted by molar-refractivity contribution is -0.239. The molecule has 5 atom stereocenters. The van der Waals surface area contributed by atoms with Crippen LogP contribution >= 0.6 is 0 Å². The highest BCUT2D eigenvalue weighted by Crippen LogP contribution is 2.53. The summed E-state index contributed by atoms with van der Waals surface area (Å²) in [5.41, 5.74) is 0.149. The van der Waals surface area contributed by atoms with E-state index in [2.05, 4.69) is 6.92 Å². The monoisotopic (exact) mass is 335 g/mol. The number of ether oxygens (including phenoxy) is 2. The van der Waals surface area contributed by atoms with Crippen molar-refractivity contribution < 1.29 is 19.7 Å². The second kappa shape index (κ2) is 6.73. The topological polar surface area (TPSA) is 62.2 Å². The molecule has 0 amide bonds. The summed E-state index contributed by atoms with van der Waals surface area (Å²) in [5, 5.41) is 21.2. The molecule has 1 aromatic rings. The Hall–Kier alpha value is -0.980. The van der Waals surface area contributed by atoms with Crippen molar-refractivity contribution in [1.82, 2.24) is 4.90 Å². The Morgan fingerprint density at radius 2 is 2.00 bits per heavy atom. The molecule has 0 aliphatic carbocycles. The van der Waals surface area contributed by atoms with Crippen LogP contribution in [0.25, 0.3) is 0 Å². The Labute approximate surface area is 144 Å². The molecule has 1 unspecified atom stereocenters. The van der Waals surface area contributed by atoms with Gasteiger partial charge in [-0.3, -0.25) is 0 Å². The fourth-order valence-electron chi connectivity index (χ4n) is 4.40. The minimum atomic E-state index is -0.711. The van der Waals surface area contributed by atoms with Crippen molar-refractivity contribution in [2.24, 2.45) is 5.41 Å². The van der Waals surface area contributed by atoms with Crippen LogP contribution in [-0.2, 0) is 9.47 Å². The molecule has 0 radical (unpaired) electrons. The highest BCUT2D eigenvalue weighted by atomic mass is 16.6. The van der Waals surface area contributed by atoms with Gasteiger partial charge in [0, 0.05) is 12.5 Å². The molecule has 24 heavy (non-hydrogen) atoms. The molecular weight excluding hydrogens is 306 g/mol. The summed E-state index contributed by atoms with van der Waals surface area (Å²) in [6, 6.07) is 9.72. The molecule has 0 spiro atoms. The van der Waals surface area contributed by atoms with E-state index in [-0.39, 0.29) is 24.2 Å². The number of rotatable bonds is 5. The van der Waals surface area contributed by atoms with Crippen LogP contribution in [0.2, 0.25) is 0 Å². The fourth-order valence-corrected chi connectivity index (χ4v) is 4.40. The van der Waals surface area contributed by atoms with Crippen LogP contribution in [-0.4, -0.2) is 53.4 Å². The Kier molecular flexibility index (Phi) is 5.00. The van der Waals surface area contributed by atoms with E-state index in [0.717, 1.165) is 24.8 Å². The third-order valence-electron chi connectivity index (χ3n) is 5.84. The van der Waals surface area contributed by atoms with Gasteiger partial charge in [0.2, 0.25) is 0 Å². The van der Waals surface area contributed by atoms with Gasteiger partial charge in [0.15, 0.2) is 0 Å². The molecule has 1 aromatic carbocycles. The molecule has 3 rings (SSSR count). The lowest BCUT2D eigenvalue weighted by Gasteiger charge is -2.52. The van der Waals surface area contributed by atoms with E-state index in [4.69, 9.17) is 9.47 Å². The minimum absolute atomic E-state index is 0.0541. The molecule has 5 nitrogen and oxygen atoms in total. The lowest BCUT2D eigenvalue weighted by atomic mass is 9.76. The van der Waals surface area contributed by atoms with Crippen LogP contribution in [0.4, 0.5) is 0 Å². The zero-order chi connectivity index (χ0) is 17.4. The van der Waals surface area contributed by atoms with E-state index in [1.165, 1.54) is 0 Å². The Morgan fingerprint density at radius 3 is 2.58 bits per heavy atom. The van der Waals surface area contributed by atoms with Gasteiger partial charge in [-0.2, -0.15) is 0 Å². The van der Waals surface area contributed by atoms with Crippen LogP contribution < -0.4 is 0 Å². The van der Waals surface area contributed by atoms with Crippen LogP contribution in [0.1, 0.15) is 44.8 Å². The highest BCUT2D eigenvalue weighted by molar-refractivity contribution is 5.22. The molecule has 0 aromatic heterocycles. The lowest BCUT2D eigenvalue weighted by Crippen LogP contribution is -2.64. The van der Waals surface area contributed by atoms with Crippen molar-refractivity contribution in [2.45, 2.75) is 57.2 Å². The predicted octanol–water partition coefficient (Wildman–Crippen LogP) is 2.29. The smallest absolute Gasteiger partial charge is 0.124 e. The summed E-state index contributed by atoms with van der Waals surface area (Å²) in [4.78, 5) is 2.01. The average molecular weight is 335 g/mol. The molecule has 0 bridgehead atoms. The number of benzene rings is 1. The van der Waals surface area contributed by atoms with E-state index in [1.807, 2.05) is 42.2 Å². The maximum Gasteiger partial charge on any atom is 0.124 e. The van der Waals surface area contributed by atoms with Crippen molar-refractivity contribution in [1.29, 1.82) is 0 Å². The first-order chi connectivity index (χ1) is 11.5. The number of hydrogen-bond donors (Lipinski definition) is 2. The van der Waals surface area contributed by atoms with E-state index in [0.29, 0.717) is 6.61 Å². The van der Waals surface area contributed by atoms with Gasteiger partial charge in [-0.05, 0) is 24.8 Å². The first-order valence-electron chi connectivity index (χ1n) is 8.80. The second-order valence-corrected chi connectivity index (χ2v) is 7.37. The summed E-state index contributed by atoms with van der Waals surface area (Å²) in [6.07, 6.45) is 1.46. The van der Waals surface area contributed by atoms with Crippen molar-refractivity contribution in [3.8, 4) is 0 Å². The molecule has 0 saturated carbocycles. The summed E-state index contributed by atoms with van der Waals surface area (Å²) < 4.78 is 11.9. The van der Waals surface area contributed by atoms with Gasteiger partial charge in [-0.25, -0.2) is 4.90 Å².